The van der Waals surface area contributed by atoms with Crippen molar-refractivity contribution in [1.82, 2.24) is 0 Å². The van der Waals surface area contributed by atoms with Crippen molar-refractivity contribution >= 4 is 28.6 Å². The molecular weight excluding hydrogens is 390 g/mol. The predicted octanol–water partition coefficient (Wildman–Crippen LogP) is 5.26. The van der Waals surface area contributed by atoms with Gasteiger partial charge in [0.15, 0.2) is 0 Å². The maximum Gasteiger partial charge on any atom is 0.336 e. The Morgan fingerprint density at radius 3 is 2.31 bits per heavy atom. The zero-order chi connectivity index (χ0) is 20.6. The molecule has 3 aromatic rings. The number of methoxy groups -OCH3 is 1. The number of rotatable bonds is 7. The molecule has 0 aliphatic carbocycles. The molecule has 2 aromatic carbocycles. The first-order chi connectivity index (χ1) is 14.1. The van der Waals surface area contributed by atoms with E-state index in [1.165, 1.54) is 30.3 Å². The number of ether oxygens (including phenoxy) is 2. The van der Waals surface area contributed by atoms with E-state index < -0.39 is 10.9 Å². The van der Waals surface area contributed by atoms with E-state index in [0.29, 0.717) is 0 Å². The molecule has 0 radical (unpaired) electrons. The SMILES string of the molecule is COc1ccc(C(=CC=CC(=O)Oc2ccc([N+](=O)[O-])cc2)c2cccs2)cc1. The van der Waals surface area contributed by atoms with Crippen LogP contribution in [-0.2, 0) is 4.79 Å². The average molecular weight is 407 g/mol. The Kier molecular flexibility index (Phi) is 6.55. The van der Waals surface area contributed by atoms with E-state index in [2.05, 4.69) is 0 Å². The van der Waals surface area contributed by atoms with Crippen molar-refractivity contribution in [1.29, 1.82) is 0 Å². The molecule has 0 unspecified atom stereocenters. The van der Waals surface area contributed by atoms with E-state index >= 15 is 0 Å². The molecule has 0 aliphatic rings. The van der Waals surface area contributed by atoms with Gasteiger partial charge in [0.2, 0.25) is 0 Å². The van der Waals surface area contributed by atoms with E-state index in [0.717, 1.165) is 21.8 Å². The maximum atomic E-state index is 12.0. The molecule has 0 atom stereocenters. The van der Waals surface area contributed by atoms with Gasteiger partial charge in [-0.1, -0.05) is 30.4 Å². The number of carbonyl (C=O) groups excluding carboxylic acids is 1. The van der Waals surface area contributed by atoms with E-state index in [9.17, 15) is 14.9 Å². The third kappa shape index (κ3) is 5.40. The van der Waals surface area contributed by atoms with E-state index in [1.807, 2.05) is 47.9 Å². The smallest absolute Gasteiger partial charge is 0.336 e. The zero-order valence-corrected chi connectivity index (χ0v) is 16.3. The fourth-order valence-corrected chi connectivity index (χ4v) is 3.31. The van der Waals surface area contributed by atoms with Crippen LogP contribution in [0.1, 0.15) is 10.4 Å². The van der Waals surface area contributed by atoms with Gasteiger partial charge in [-0.25, -0.2) is 4.79 Å². The van der Waals surface area contributed by atoms with Gasteiger partial charge in [0, 0.05) is 23.1 Å². The molecule has 0 saturated heterocycles. The summed E-state index contributed by atoms with van der Waals surface area (Å²) in [6.45, 7) is 0. The zero-order valence-electron chi connectivity index (χ0n) is 15.5. The number of nitrogens with zero attached hydrogens (tertiary/aromatic N) is 1. The Bertz CT molecular complexity index is 1040. The van der Waals surface area contributed by atoms with E-state index in [4.69, 9.17) is 9.47 Å². The minimum Gasteiger partial charge on any atom is -0.497 e. The molecule has 146 valence electrons. The molecule has 0 spiro atoms. The van der Waals surface area contributed by atoms with E-state index in [1.54, 1.807) is 24.5 Å². The summed E-state index contributed by atoms with van der Waals surface area (Å²) in [5, 5.41) is 12.6. The highest BCUT2D eigenvalue weighted by Crippen LogP contribution is 2.28. The van der Waals surface area contributed by atoms with Crippen LogP contribution in [-0.4, -0.2) is 18.0 Å². The van der Waals surface area contributed by atoms with Crippen LogP contribution < -0.4 is 9.47 Å². The summed E-state index contributed by atoms with van der Waals surface area (Å²) in [4.78, 5) is 23.2. The predicted molar refractivity (Wildman–Crippen MR) is 112 cm³/mol. The van der Waals surface area contributed by atoms with Crippen LogP contribution in [0.25, 0.3) is 5.57 Å². The number of allylic oxidation sites excluding steroid dienone is 2. The lowest BCUT2D eigenvalue weighted by Crippen LogP contribution is -2.03. The molecule has 1 heterocycles. The standard InChI is InChI=1S/C22H17NO5S/c1-27-18-11-7-16(8-12-18)20(21-5-3-15-29-21)4-2-6-22(24)28-19-13-9-17(10-14-19)23(25)26/h2-15H,1H3. The van der Waals surface area contributed by atoms with Crippen molar-refractivity contribution in [3.8, 4) is 11.5 Å². The number of hydrogen-bond donors (Lipinski definition) is 0. The number of carbonyl (C=O) groups is 1. The van der Waals surface area contributed by atoms with Gasteiger partial charge in [0.25, 0.3) is 5.69 Å². The minimum absolute atomic E-state index is 0.0663. The van der Waals surface area contributed by atoms with Gasteiger partial charge < -0.3 is 9.47 Å². The van der Waals surface area contributed by atoms with Gasteiger partial charge >= 0.3 is 5.97 Å². The second-order valence-electron chi connectivity index (χ2n) is 5.82. The summed E-state index contributed by atoms with van der Waals surface area (Å²) in [6, 6.07) is 17.0. The summed E-state index contributed by atoms with van der Waals surface area (Å²) in [5.74, 6) is 0.430. The minimum atomic E-state index is -0.574. The summed E-state index contributed by atoms with van der Waals surface area (Å²) >= 11 is 1.60. The molecule has 0 bridgehead atoms. The number of esters is 1. The molecule has 0 amide bonds. The van der Waals surface area contributed by atoms with Crippen LogP contribution in [0.3, 0.4) is 0 Å². The number of non-ortho nitro benzene ring substituents is 1. The largest absolute Gasteiger partial charge is 0.497 e. The molecule has 0 fully saturated rings. The molecule has 29 heavy (non-hydrogen) atoms. The fraction of sp³-hybridized carbons (Fsp3) is 0.0455. The molecule has 0 N–H and O–H groups in total. The van der Waals surface area contributed by atoms with Gasteiger partial charge in [-0.15, -0.1) is 11.3 Å². The summed E-state index contributed by atoms with van der Waals surface area (Å²) in [7, 11) is 1.62. The lowest BCUT2D eigenvalue weighted by molar-refractivity contribution is -0.384. The summed E-state index contributed by atoms with van der Waals surface area (Å²) < 4.78 is 10.4. The number of nitro groups is 1. The molecule has 3 rings (SSSR count). The van der Waals surface area contributed by atoms with Crippen molar-refractivity contribution in [2.24, 2.45) is 0 Å². The van der Waals surface area contributed by atoms with Crippen molar-refractivity contribution in [2.75, 3.05) is 7.11 Å². The number of benzene rings is 2. The Labute approximate surface area is 171 Å². The van der Waals surface area contributed by atoms with E-state index in [-0.39, 0.29) is 11.4 Å². The van der Waals surface area contributed by atoms with Gasteiger partial charge in [0.05, 0.1) is 12.0 Å². The van der Waals surface area contributed by atoms with Crippen LogP contribution >= 0.6 is 11.3 Å². The van der Waals surface area contributed by atoms with Gasteiger partial charge in [0.1, 0.15) is 11.5 Å². The highest BCUT2D eigenvalue weighted by atomic mass is 32.1. The molecular formula is C22H17NO5S. The third-order valence-corrected chi connectivity index (χ3v) is 4.85. The molecule has 0 aliphatic heterocycles. The number of hydrogen-bond acceptors (Lipinski definition) is 6. The first-order valence-electron chi connectivity index (χ1n) is 8.60. The van der Waals surface area contributed by atoms with Crippen LogP contribution in [0, 0.1) is 10.1 Å². The van der Waals surface area contributed by atoms with Crippen molar-refractivity contribution < 1.29 is 19.2 Å². The maximum absolute atomic E-state index is 12.0. The summed E-state index contributed by atoms with van der Waals surface area (Å²) in [5.41, 5.74) is 1.88. The lowest BCUT2D eigenvalue weighted by atomic mass is 10.0. The van der Waals surface area contributed by atoms with Gasteiger partial charge in [-0.05, 0) is 46.8 Å². The topological polar surface area (TPSA) is 78.7 Å². The Morgan fingerprint density at radius 2 is 1.72 bits per heavy atom. The van der Waals surface area contributed by atoms with Crippen LogP contribution in [0.4, 0.5) is 5.69 Å². The van der Waals surface area contributed by atoms with Crippen molar-refractivity contribution in [3.63, 3.8) is 0 Å². The molecule has 1 aromatic heterocycles. The molecule has 7 heteroatoms. The van der Waals surface area contributed by atoms with Crippen molar-refractivity contribution in [3.05, 3.63) is 105 Å². The second kappa shape index (κ2) is 9.48. The first kappa shape index (κ1) is 20.0. The van der Waals surface area contributed by atoms with Crippen LogP contribution in [0.2, 0.25) is 0 Å². The highest BCUT2D eigenvalue weighted by molar-refractivity contribution is 7.11. The van der Waals surface area contributed by atoms with Crippen molar-refractivity contribution in [2.45, 2.75) is 0 Å². The highest BCUT2D eigenvalue weighted by Gasteiger charge is 2.08. The Hall–Kier alpha value is -3.71. The lowest BCUT2D eigenvalue weighted by Gasteiger charge is -2.06. The first-order valence-corrected chi connectivity index (χ1v) is 9.48. The second-order valence-corrected chi connectivity index (χ2v) is 6.77. The quantitative estimate of drug-likeness (QED) is 0.133. The Morgan fingerprint density at radius 1 is 1.03 bits per heavy atom. The fourth-order valence-electron chi connectivity index (χ4n) is 2.53. The average Bonchev–Trinajstić information content (AvgIpc) is 3.26. The monoisotopic (exact) mass is 407 g/mol. The number of thiophene rings is 1. The van der Waals surface area contributed by atoms with Crippen LogP contribution in [0.5, 0.6) is 11.5 Å². The molecule has 0 saturated carbocycles. The normalized spacial score (nSPS) is 11.4. The van der Waals surface area contributed by atoms with Gasteiger partial charge in [-0.2, -0.15) is 0 Å². The molecule has 6 nitrogen and oxygen atoms in total. The van der Waals surface area contributed by atoms with Crippen LogP contribution in [0.15, 0.2) is 84.3 Å². The Balaban J connectivity index is 1.74. The summed E-state index contributed by atoms with van der Waals surface area (Å²) in [6.07, 6.45) is 4.76. The van der Waals surface area contributed by atoms with Gasteiger partial charge in [-0.3, -0.25) is 10.1 Å². The third-order valence-electron chi connectivity index (χ3n) is 3.95. The number of nitro benzene ring substituents is 1.